The van der Waals surface area contributed by atoms with Crippen molar-refractivity contribution in [2.75, 3.05) is 4.90 Å². The number of pyridine rings is 1. The van der Waals surface area contributed by atoms with Crippen LogP contribution in [-0.2, 0) is 0 Å². The minimum absolute atomic E-state index is 0.00268. The summed E-state index contributed by atoms with van der Waals surface area (Å²) in [5, 5.41) is 4.18. The molecule has 0 saturated carbocycles. The highest BCUT2D eigenvalue weighted by Gasteiger charge is 2.41. The number of rotatable bonds is 3. The van der Waals surface area contributed by atoms with Crippen molar-refractivity contribution in [1.29, 1.82) is 0 Å². The highest BCUT2D eigenvalue weighted by atomic mass is 79.9. The van der Waals surface area contributed by atoms with Gasteiger partial charge in [-0.1, -0.05) is 22.0 Å². The first-order chi connectivity index (χ1) is 12.1. The fraction of sp³-hybridized carbons (Fsp3) is 0.111. The summed E-state index contributed by atoms with van der Waals surface area (Å²) >= 11 is 14.5. The summed E-state index contributed by atoms with van der Waals surface area (Å²) in [6.07, 6.45) is 1.82. The molecule has 25 heavy (non-hydrogen) atoms. The average molecular weight is 495 g/mol. The van der Waals surface area contributed by atoms with Gasteiger partial charge in [-0.05, 0) is 76.7 Å². The predicted molar refractivity (Wildman–Crippen MR) is 114 cm³/mol. The molecule has 0 aliphatic carbocycles. The second-order valence-electron chi connectivity index (χ2n) is 5.61. The van der Waals surface area contributed by atoms with E-state index >= 15 is 0 Å². The summed E-state index contributed by atoms with van der Waals surface area (Å²) in [7, 11) is 0. The Morgan fingerprint density at radius 2 is 1.84 bits per heavy atom. The molecular formula is C18H13Br2N3S2. The summed E-state index contributed by atoms with van der Waals surface area (Å²) < 4.78 is 2.15. The van der Waals surface area contributed by atoms with Crippen molar-refractivity contribution in [3.63, 3.8) is 0 Å². The summed E-state index contributed by atoms with van der Waals surface area (Å²) in [4.78, 5) is 7.97. The second-order valence-corrected chi connectivity index (χ2v) is 9.41. The quantitative estimate of drug-likeness (QED) is 0.462. The van der Waals surface area contributed by atoms with E-state index in [2.05, 4.69) is 71.3 Å². The van der Waals surface area contributed by atoms with Crippen molar-refractivity contribution < 1.29 is 0 Å². The van der Waals surface area contributed by atoms with Crippen LogP contribution < -0.4 is 10.2 Å². The summed E-state index contributed by atoms with van der Waals surface area (Å²) in [5.74, 6) is 0. The van der Waals surface area contributed by atoms with Crippen LogP contribution in [0, 0.1) is 0 Å². The molecule has 3 heterocycles. The normalized spacial score (nSPS) is 19.9. The maximum atomic E-state index is 5.68. The molecule has 2 atom stereocenters. The van der Waals surface area contributed by atoms with Gasteiger partial charge in [-0.15, -0.1) is 11.3 Å². The van der Waals surface area contributed by atoms with Crippen LogP contribution in [0.15, 0.2) is 69.1 Å². The van der Waals surface area contributed by atoms with E-state index in [1.54, 1.807) is 11.3 Å². The molecule has 0 unspecified atom stereocenters. The molecular weight excluding hydrogens is 482 g/mol. The summed E-state index contributed by atoms with van der Waals surface area (Å²) in [6, 6.07) is 18.5. The maximum Gasteiger partial charge on any atom is 0.174 e. The Labute approximate surface area is 172 Å². The Morgan fingerprint density at radius 3 is 2.48 bits per heavy atom. The van der Waals surface area contributed by atoms with Gasteiger partial charge in [0.25, 0.3) is 0 Å². The van der Waals surface area contributed by atoms with E-state index in [-0.39, 0.29) is 12.1 Å². The monoisotopic (exact) mass is 493 g/mol. The number of benzene rings is 1. The van der Waals surface area contributed by atoms with E-state index < -0.39 is 0 Å². The molecule has 1 aliphatic heterocycles. The van der Waals surface area contributed by atoms with Crippen LogP contribution in [0.1, 0.15) is 22.7 Å². The van der Waals surface area contributed by atoms with Crippen LogP contribution in [-0.4, -0.2) is 10.1 Å². The van der Waals surface area contributed by atoms with Crippen molar-refractivity contribution in [2.45, 2.75) is 12.1 Å². The molecule has 3 aromatic rings. The number of hydrogen-bond acceptors (Lipinski definition) is 3. The number of thiophene rings is 1. The molecule has 1 fully saturated rings. The zero-order valence-corrected chi connectivity index (χ0v) is 17.7. The van der Waals surface area contributed by atoms with E-state index in [0.29, 0.717) is 5.11 Å². The minimum atomic E-state index is 0.00268. The first-order valence-electron chi connectivity index (χ1n) is 7.65. The SMILES string of the molecule is S=C1N[C@@H](c2ccccn2)[C@H](c2ccc(Br)s2)N1c1ccc(Br)cc1. The van der Waals surface area contributed by atoms with E-state index in [1.165, 1.54) is 4.88 Å². The first kappa shape index (κ1) is 17.1. The van der Waals surface area contributed by atoms with Crippen molar-refractivity contribution in [1.82, 2.24) is 10.3 Å². The van der Waals surface area contributed by atoms with Gasteiger partial charge in [0.05, 0.1) is 21.6 Å². The largest absolute Gasteiger partial charge is 0.351 e. The second kappa shape index (κ2) is 7.15. The van der Waals surface area contributed by atoms with Crippen LogP contribution in [0.25, 0.3) is 0 Å². The molecule has 0 bridgehead atoms. The molecule has 0 radical (unpaired) electrons. The molecule has 126 valence electrons. The van der Waals surface area contributed by atoms with E-state index in [4.69, 9.17) is 12.2 Å². The summed E-state index contributed by atoms with van der Waals surface area (Å²) in [6.45, 7) is 0. The highest BCUT2D eigenvalue weighted by Crippen LogP contribution is 2.44. The van der Waals surface area contributed by atoms with Gasteiger partial charge in [-0.25, -0.2) is 0 Å². The zero-order chi connectivity index (χ0) is 17.4. The number of hydrogen-bond donors (Lipinski definition) is 1. The number of anilines is 1. The number of nitrogens with one attached hydrogen (secondary N) is 1. The molecule has 0 spiro atoms. The maximum absolute atomic E-state index is 5.68. The van der Waals surface area contributed by atoms with Crippen LogP contribution in [0.2, 0.25) is 0 Å². The molecule has 0 amide bonds. The third-order valence-electron chi connectivity index (χ3n) is 4.09. The molecule has 1 N–H and O–H groups in total. The fourth-order valence-corrected chi connectivity index (χ4v) is 5.17. The van der Waals surface area contributed by atoms with Crippen molar-refractivity contribution >= 4 is 66.2 Å². The lowest BCUT2D eigenvalue weighted by molar-refractivity contribution is 0.575. The number of nitrogens with zero attached hydrogens (tertiary/aromatic N) is 2. The van der Waals surface area contributed by atoms with Gasteiger partial charge in [-0.2, -0.15) is 0 Å². The molecule has 2 aromatic heterocycles. The topological polar surface area (TPSA) is 28.2 Å². The van der Waals surface area contributed by atoms with Gasteiger partial charge >= 0.3 is 0 Å². The Kier molecular flexibility index (Phi) is 4.90. The van der Waals surface area contributed by atoms with Crippen molar-refractivity contribution in [3.8, 4) is 0 Å². The lowest BCUT2D eigenvalue weighted by atomic mass is 10.0. The van der Waals surface area contributed by atoms with Gasteiger partial charge in [0.1, 0.15) is 0 Å². The lowest BCUT2D eigenvalue weighted by Crippen LogP contribution is -2.28. The van der Waals surface area contributed by atoms with Crippen LogP contribution in [0.5, 0.6) is 0 Å². The number of aromatic nitrogens is 1. The third kappa shape index (κ3) is 3.38. The molecule has 1 aromatic carbocycles. The van der Waals surface area contributed by atoms with Crippen molar-refractivity contribution in [3.05, 3.63) is 79.6 Å². The van der Waals surface area contributed by atoms with E-state index in [9.17, 15) is 0 Å². The third-order valence-corrected chi connectivity index (χ3v) is 6.63. The number of halogens is 2. The molecule has 1 saturated heterocycles. The van der Waals surface area contributed by atoms with Crippen LogP contribution >= 0.6 is 55.4 Å². The Bertz CT molecular complexity index is 896. The van der Waals surface area contributed by atoms with Gasteiger partial charge in [0, 0.05) is 21.2 Å². The predicted octanol–water partition coefficient (Wildman–Crippen LogP) is 5.85. The smallest absolute Gasteiger partial charge is 0.174 e. The fourth-order valence-electron chi connectivity index (χ4n) is 3.01. The standard InChI is InChI=1S/C18H13Br2N3S2/c19-11-4-6-12(7-5-11)23-17(14-8-9-15(20)25-14)16(22-18(23)24)13-3-1-2-10-21-13/h1-10,16-17H,(H,22,24)/t16-,17-/m0/s1. The minimum Gasteiger partial charge on any atom is -0.351 e. The summed E-state index contributed by atoms with van der Waals surface area (Å²) in [5.41, 5.74) is 2.05. The van der Waals surface area contributed by atoms with Gasteiger partial charge < -0.3 is 10.2 Å². The Morgan fingerprint density at radius 1 is 1.04 bits per heavy atom. The van der Waals surface area contributed by atoms with Gasteiger partial charge in [0.2, 0.25) is 0 Å². The van der Waals surface area contributed by atoms with Crippen LogP contribution in [0.3, 0.4) is 0 Å². The molecule has 4 rings (SSSR count). The van der Waals surface area contributed by atoms with Crippen LogP contribution in [0.4, 0.5) is 5.69 Å². The molecule has 1 aliphatic rings. The zero-order valence-electron chi connectivity index (χ0n) is 12.9. The Hall–Kier alpha value is -1.28. The average Bonchev–Trinajstić information content (AvgIpc) is 3.20. The van der Waals surface area contributed by atoms with Gasteiger partial charge in [0.15, 0.2) is 5.11 Å². The highest BCUT2D eigenvalue weighted by molar-refractivity contribution is 9.11. The van der Waals surface area contributed by atoms with E-state index in [1.807, 2.05) is 36.5 Å². The van der Waals surface area contributed by atoms with Crippen molar-refractivity contribution in [2.24, 2.45) is 0 Å². The van der Waals surface area contributed by atoms with E-state index in [0.717, 1.165) is 19.6 Å². The Balaban J connectivity index is 1.81. The molecule has 3 nitrogen and oxygen atoms in total. The first-order valence-corrected chi connectivity index (χ1v) is 10.5. The van der Waals surface area contributed by atoms with Gasteiger partial charge in [-0.3, -0.25) is 4.98 Å². The lowest BCUT2D eigenvalue weighted by Gasteiger charge is -2.26. The number of thiocarbonyl (C=S) groups is 1. The molecule has 7 heteroatoms.